The van der Waals surface area contributed by atoms with E-state index >= 15 is 0 Å². The van der Waals surface area contributed by atoms with E-state index in [-0.39, 0.29) is 0 Å². The van der Waals surface area contributed by atoms with Gasteiger partial charge in [0.2, 0.25) is 0 Å². The van der Waals surface area contributed by atoms with Gasteiger partial charge >= 0.3 is 0 Å². The fourth-order valence-electron chi connectivity index (χ4n) is 0.797. The average Bonchev–Trinajstić information content (AvgIpc) is 2.03. The minimum absolute atomic E-state index is 0.559. The summed E-state index contributed by atoms with van der Waals surface area (Å²) in [6.07, 6.45) is 7.32. The van der Waals surface area contributed by atoms with E-state index in [9.17, 15) is 0 Å². The summed E-state index contributed by atoms with van der Waals surface area (Å²) in [5.41, 5.74) is 5.35. The molecule has 0 aromatic carbocycles. The standard InChI is InChI=1S/C10H19N/c1-4-9(2)10(3)7-5-6-8-11/h4-5,7,9-10H,1,6,8,11H2,2-3H3/b7-5-. The maximum atomic E-state index is 5.35. The Morgan fingerprint density at radius 2 is 2.00 bits per heavy atom. The fourth-order valence-corrected chi connectivity index (χ4v) is 0.797. The van der Waals surface area contributed by atoms with Crippen molar-refractivity contribution in [3.63, 3.8) is 0 Å². The Labute approximate surface area is 70.0 Å². The smallest absolute Gasteiger partial charge is 0.00426 e. The molecule has 1 heteroatoms. The first-order valence-electron chi connectivity index (χ1n) is 4.21. The molecule has 0 saturated carbocycles. The lowest BCUT2D eigenvalue weighted by molar-refractivity contribution is 0.558. The monoisotopic (exact) mass is 153 g/mol. The van der Waals surface area contributed by atoms with Gasteiger partial charge in [0, 0.05) is 0 Å². The summed E-state index contributed by atoms with van der Waals surface area (Å²) in [6.45, 7) is 8.86. The highest BCUT2D eigenvalue weighted by Crippen LogP contribution is 2.12. The second kappa shape index (κ2) is 6.17. The van der Waals surface area contributed by atoms with Crippen LogP contribution in [-0.4, -0.2) is 6.54 Å². The Morgan fingerprint density at radius 1 is 1.36 bits per heavy atom. The van der Waals surface area contributed by atoms with Crippen LogP contribution in [0.5, 0.6) is 0 Å². The SMILES string of the molecule is C=CC(C)C(C)/C=C\CCN. The molecular formula is C10H19N. The molecule has 0 aliphatic rings. The van der Waals surface area contributed by atoms with Crippen LogP contribution < -0.4 is 5.73 Å². The molecule has 2 N–H and O–H groups in total. The molecule has 0 rings (SSSR count). The molecule has 0 saturated heterocycles. The van der Waals surface area contributed by atoms with Crippen molar-refractivity contribution in [2.24, 2.45) is 17.6 Å². The number of hydrogen-bond acceptors (Lipinski definition) is 1. The van der Waals surface area contributed by atoms with Crippen molar-refractivity contribution >= 4 is 0 Å². The molecule has 0 aromatic rings. The van der Waals surface area contributed by atoms with Crippen molar-refractivity contribution in [1.82, 2.24) is 0 Å². The molecule has 0 heterocycles. The van der Waals surface area contributed by atoms with E-state index < -0.39 is 0 Å². The van der Waals surface area contributed by atoms with Crippen molar-refractivity contribution in [3.8, 4) is 0 Å². The summed E-state index contributed by atoms with van der Waals surface area (Å²) in [7, 11) is 0. The molecule has 0 radical (unpaired) electrons. The summed E-state index contributed by atoms with van der Waals surface area (Å²) in [4.78, 5) is 0. The lowest BCUT2D eigenvalue weighted by Gasteiger charge is -2.10. The van der Waals surface area contributed by atoms with Gasteiger partial charge in [0.25, 0.3) is 0 Å². The first kappa shape index (κ1) is 10.4. The molecule has 2 unspecified atom stereocenters. The van der Waals surface area contributed by atoms with E-state index in [0.29, 0.717) is 11.8 Å². The maximum absolute atomic E-state index is 5.35. The van der Waals surface area contributed by atoms with E-state index in [4.69, 9.17) is 5.73 Å². The van der Waals surface area contributed by atoms with Crippen molar-refractivity contribution in [2.75, 3.05) is 6.54 Å². The van der Waals surface area contributed by atoms with Crippen LogP contribution in [0.25, 0.3) is 0 Å². The minimum Gasteiger partial charge on any atom is -0.330 e. The molecular weight excluding hydrogens is 134 g/mol. The molecule has 1 nitrogen and oxygen atoms in total. The van der Waals surface area contributed by atoms with Crippen molar-refractivity contribution in [3.05, 3.63) is 24.8 Å². The topological polar surface area (TPSA) is 26.0 Å². The number of hydrogen-bond donors (Lipinski definition) is 1. The largest absolute Gasteiger partial charge is 0.330 e. The van der Waals surface area contributed by atoms with E-state index in [2.05, 4.69) is 32.6 Å². The predicted molar refractivity (Wildman–Crippen MR) is 51.3 cm³/mol. The first-order valence-corrected chi connectivity index (χ1v) is 4.21. The van der Waals surface area contributed by atoms with Crippen LogP contribution >= 0.6 is 0 Å². The van der Waals surface area contributed by atoms with Gasteiger partial charge in [-0.1, -0.05) is 32.1 Å². The molecule has 0 aromatic heterocycles. The summed E-state index contributed by atoms with van der Waals surface area (Å²) in [5.74, 6) is 1.14. The van der Waals surface area contributed by atoms with Crippen molar-refractivity contribution < 1.29 is 0 Å². The highest BCUT2D eigenvalue weighted by atomic mass is 14.5. The zero-order valence-corrected chi connectivity index (χ0v) is 7.59. The van der Waals surface area contributed by atoms with Gasteiger partial charge in [-0.2, -0.15) is 0 Å². The van der Waals surface area contributed by atoms with E-state index in [0.717, 1.165) is 13.0 Å². The second-order valence-electron chi connectivity index (χ2n) is 2.96. The van der Waals surface area contributed by atoms with Gasteiger partial charge in [-0.05, 0) is 24.8 Å². The van der Waals surface area contributed by atoms with Crippen molar-refractivity contribution in [2.45, 2.75) is 20.3 Å². The summed E-state index contributed by atoms with van der Waals surface area (Å²) < 4.78 is 0. The zero-order valence-electron chi connectivity index (χ0n) is 7.59. The van der Waals surface area contributed by atoms with Gasteiger partial charge in [-0.25, -0.2) is 0 Å². The summed E-state index contributed by atoms with van der Waals surface area (Å²) in [5, 5.41) is 0. The summed E-state index contributed by atoms with van der Waals surface area (Å²) in [6, 6.07) is 0. The van der Waals surface area contributed by atoms with Crippen molar-refractivity contribution in [1.29, 1.82) is 0 Å². The Kier molecular flexibility index (Phi) is 5.86. The van der Waals surface area contributed by atoms with E-state index in [1.807, 2.05) is 6.08 Å². The molecule has 0 fully saturated rings. The van der Waals surface area contributed by atoms with Gasteiger partial charge in [0.15, 0.2) is 0 Å². The van der Waals surface area contributed by atoms with Gasteiger partial charge in [-0.15, -0.1) is 6.58 Å². The highest BCUT2D eigenvalue weighted by molar-refractivity contribution is 4.93. The number of allylic oxidation sites excluding steroid dienone is 2. The fraction of sp³-hybridized carbons (Fsp3) is 0.600. The van der Waals surface area contributed by atoms with Gasteiger partial charge in [-0.3, -0.25) is 0 Å². The van der Waals surface area contributed by atoms with E-state index in [1.54, 1.807) is 0 Å². The van der Waals surface area contributed by atoms with Crippen LogP contribution in [-0.2, 0) is 0 Å². The van der Waals surface area contributed by atoms with Crippen LogP contribution in [0.4, 0.5) is 0 Å². The van der Waals surface area contributed by atoms with Crippen LogP contribution in [0, 0.1) is 11.8 Å². The molecule has 2 atom stereocenters. The Balaban J connectivity index is 3.65. The van der Waals surface area contributed by atoms with Crippen LogP contribution in [0.15, 0.2) is 24.8 Å². The minimum atomic E-state index is 0.559. The third kappa shape index (κ3) is 4.79. The first-order chi connectivity index (χ1) is 5.22. The third-order valence-electron chi connectivity index (χ3n) is 1.97. The normalized spacial score (nSPS) is 16.6. The van der Waals surface area contributed by atoms with Gasteiger partial charge in [0.1, 0.15) is 0 Å². The Morgan fingerprint density at radius 3 is 2.45 bits per heavy atom. The van der Waals surface area contributed by atoms with Crippen LogP contribution in [0.3, 0.4) is 0 Å². The van der Waals surface area contributed by atoms with Crippen LogP contribution in [0.1, 0.15) is 20.3 Å². The Hall–Kier alpha value is -0.560. The lowest BCUT2D eigenvalue weighted by Crippen LogP contribution is -2.01. The maximum Gasteiger partial charge on any atom is -0.00426 e. The molecule has 0 aliphatic heterocycles. The molecule has 64 valence electrons. The van der Waals surface area contributed by atoms with Gasteiger partial charge in [0.05, 0.1) is 0 Å². The predicted octanol–water partition coefficient (Wildman–Crippen LogP) is 2.35. The quantitative estimate of drug-likeness (QED) is 0.603. The molecule has 11 heavy (non-hydrogen) atoms. The lowest BCUT2D eigenvalue weighted by atomic mass is 9.96. The summed E-state index contributed by atoms with van der Waals surface area (Å²) >= 11 is 0. The molecule has 0 amide bonds. The molecule has 0 aliphatic carbocycles. The van der Waals surface area contributed by atoms with Crippen LogP contribution in [0.2, 0.25) is 0 Å². The van der Waals surface area contributed by atoms with E-state index in [1.165, 1.54) is 0 Å². The molecule has 0 spiro atoms. The highest BCUT2D eigenvalue weighted by Gasteiger charge is 2.02. The zero-order chi connectivity index (χ0) is 8.69. The second-order valence-corrected chi connectivity index (χ2v) is 2.96. The van der Waals surface area contributed by atoms with Gasteiger partial charge < -0.3 is 5.73 Å². The molecule has 0 bridgehead atoms. The Bertz CT molecular complexity index is 127. The third-order valence-corrected chi connectivity index (χ3v) is 1.97. The average molecular weight is 153 g/mol. The number of nitrogens with two attached hydrogens (primary N) is 1. The number of rotatable bonds is 5.